The van der Waals surface area contributed by atoms with Crippen LogP contribution in [-0.2, 0) is 11.3 Å². The maximum Gasteiger partial charge on any atom is 0.311 e. The minimum atomic E-state index is -0.758. The van der Waals surface area contributed by atoms with Crippen molar-refractivity contribution in [1.29, 1.82) is 0 Å². The lowest BCUT2D eigenvalue weighted by atomic mass is 9.76. The number of halogens is 1. The van der Waals surface area contributed by atoms with E-state index in [1.165, 1.54) is 12.1 Å². The first-order valence-electron chi connectivity index (χ1n) is 6.78. The average Bonchev–Trinajstić information content (AvgIpc) is 2.79. The normalized spacial score (nSPS) is 23.4. The quantitative estimate of drug-likeness (QED) is 0.890. The number of nitrogens with zero attached hydrogens (tertiary/aromatic N) is 1. The van der Waals surface area contributed by atoms with Crippen molar-refractivity contribution in [3.05, 3.63) is 29.6 Å². The van der Waals surface area contributed by atoms with Gasteiger partial charge in [-0.2, -0.15) is 0 Å². The molecule has 1 aromatic carbocycles. The Balaban J connectivity index is 2.09. The second kappa shape index (κ2) is 5.40. The molecule has 1 saturated heterocycles. The number of aliphatic carboxylic acids is 1. The summed E-state index contributed by atoms with van der Waals surface area (Å²) >= 11 is 0. The third-order valence-corrected chi connectivity index (χ3v) is 4.33. The summed E-state index contributed by atoms with van der Waals surface area (Å²) in [5.41, 5.74) is 0.0281. The summed E-state index contributed by atoms with van der Waals surface area (Å²) in [5.74, 6) is -1.71. The van der Waals surface area contributed by atoms with E-state index in [1.54, 1.807) is 6.07 Å². The number of benzene rings is 1. The van der Waals surface area contributed by atoms with Crippen LogP contribution in [0, 0.1) is 17.2 Å². The van der Waals surface area contributed by atoms with Gasteiger partial charge in [0.1, 0.15) is 0 Å². The van der Waals surface area contributed by atoms with Crippen LogP contribution in [0.1, 0.15) is 25.8 Å². The molecular weight excluding hydrogens is 261 g/mol. The van der Waals surface area contributed by atoms with Crippen LogP contribution in [0.15, 0.2) is 18.2 Å². The SMILES string of the molecule is CC(C)C1(C(=O)O)CCN(Cc2ccc(O)c(F)c2)C1. The number of phenols is 1. The summed E-state index contributed by atoms with van der Waals surface area (Å²) < 4.78 is 13.3. The van der Waals surface area contributed by atoms with Crippen molar-refractivity contribution in [3.8, 4) is 5.75 Å². The molecule has 4 nitrogen and oxygen atoms in total. The predicted octanol–water partition coefficient (Wildman–Crippen LogP) is 2.46. The molecular formula is C15H20FNO3. The minimum absolute atomic E-state index is 0.0570. The highest BCUT2D eigenvalue weighted by Gasteiger charge is 2.47. The molecule has 2 N–H and O–H groups in total. The monoisotopic (exact) mass is 281 g/mol. The van der Waals surface area contributed by atoms with Gasteiger partial charge in [0, 0.05) is 13.1 Å². The van der Waals surface area contributed by atoms with Crippen molar-refractivity contribution in [1.82, 2.24) is 4.90 Å². The number of phenolic OH excluding ortho intramolecular Hbond substituents is 1. The molecule has 0 saturated carbocycles. The maximum absolute atomic E-state index is 13.3. The van der Waals surface area contributed by atoms with Gasteiger partial charge >= 0.3 is 5.97 Å². The van der Waals surface area contributed by atoms with E-state index in [9.17, 15) is 14.3 Å². The molecule has 1 fully saturated rings. The van der Waals surface area contributed by atoms with Crippen molar-refractivity contribution in [3.63, 3.8) is 0 Å². The highest BCUT2D eigenvalue weighted by atomic mass is 19.1. The van der Waals surface area contributed by atoms with Crippen molar-refractivity contribution >= 4 is 5.97 Å². The van der Waals surface area contributed by atoms with E-state index in [-0.39, 0.29) is 11.7 Å². The first kappa shape index (κ1) is 14.8. The van der Waals surface area contributed by atoms with Gasteiger partial charge in [-0.05, 0) is 36.6 Å². The van der Waals surface area contributed by atoms with E-state index >= 15 is 0 Å². The molecule has 0 spiro atoms. The fraction of sp³-hybridized carbons (Fsp3) is 0.533. The molecule has 1 unspecified atom stereocenters. The summed E-state index contributed by atoms with van der Waals surface area (Å²) in [5, 5.41) is 18.6. The Morgan fingerprint density at radius 2 is 2.20 bits per heavy atom. The zero-order valence-electron chi connectivity index (χ0n) is 11.8. The molecule has 20 heavy (non-hydrogen) atoms. The number of carbonyl (C=O) groups is 1. The molecule has 2 rings (SSSR count). The van der Waals surface area contributed by atoms with Gasteiger partial charge in [-0.25, -0.2) is 4.39 Å². The zero-order chi connectivity index (χ0) is 14.9. The standard InChI is InChI=1S/C15H20FNO3/c1-10(2)15(14(19)20)5-6-17(9-15)8-11-3-4-13(18)12(16)7-11/h3-4,7,10,18H,5-6,8-9H2,1-2H3,(H,19,20). The van der Waals surface area contributed by atoms with Crippen molar-refractivity contribution < 1.29 is 19.4 Å². The Labute approximate surface area is 117 Å². The number of likely N-dealkylation sites (tertiary alicyclic amines) is 1. The van der Waals surface area contributed by atoms with Gasteiger partial charge in [-0.3, -0.25) is 9.69 Å². The van der Waals surface area contributed by atoms with Crippen LogP contribution in [0.2, 0.25) is 0 Å². The van der Waals surface area contributed by atoms with E-state index in [1.807, 2.05) is 18.7 Å². The molecule has 0 amide bonds. The van der Waals surface area contributed by atoms with E-state index in [4.69, 9.17) is 5.11 Å². The molecule has 0 aromatic heterocycles. The summed E-state index contributed by atoms with van der Waals surface area (Å²) in [4.78, 5) is 13.6. The second-order valence-electron chi connectivity index (χ2n) is 5.86. The first-order chi connectivity index (χ1) is 9.35. The Morgan fingerprint density at radius 3 is 2.70 bits per heavy atom. The molecule has 110 valence electrons. The van der Waals surface area contributed by atoms with E-state index < -0.39 is 17.2 Å². The van der Waals surface area contributed by atoms with E-state index in [2.05, 4.69) is 0 Å². The highest BCUT2D eigenvalue weighted by molar-refractivity contribution is 5.75. The number of aromatic hydroxyl groups is 1. The molecule has 1 aliphatic heterocycles. The molecule has 0 radical (unpaired) electrons. The second-order valence-corrected chi connectivity index (χ2v) is 5.86. The Bertz CT molecular complexity index is 518. The molecule has 0 bridgehead atoms. The lowest BCUT2D eigenvalue weighted by molar-refractivity contribution is -0.151. The number of carboxylic acid groups (broad SMARTS) is 1. The average molecular weight is 281 g/mol. The Hall–Kier alpha value is -1.62. The number of rotatable bonds is 4. The number of hydrogen-bond donors (Lipinski definition) is 2. The smallest absolute Gasteiger partial charge is 0.311 e. The van der Waals surface area contributed by atoms with Gasteiger partial charge < -0.3 is 10.2 Å². The van der Waals surface area contributed by atoms with Crippen LogP contribution < -0.4 is 0 Å². The molecule has 1 aliphatic rings. The van der Waals surface area contributed by atoms with Crippen molar-refractivity contribution in [2.24, 2.45) is 11.3 Å². The van der Waals surface area contributed by atoms with Crippen LogP contribution >= 0.6 is 0 Å². The lowest BCUT2D eigenvalue weighted by Crippen LogP contribution is -2.39. The van der Waals surface area contributed by atoms with Gasteiger partial charge in [-0.1, -0.05) is 19.9 Å². The molecule has 0 aliphatic carbocycles. The van der Waals surface area contributed by atoms with Gasteiger partial charge in [0.05, 0.1) is 5.41 Å². The van der Waals surface area contributed by atoms with Crippen LogP contribution in [0.3, 0.4) is 0 Å². The number of carboxylic acids is 1. The fourth-order valence-corrected chi connectivity index (χ4v) is 2.85. The fourth-order valence-electron chi connectivity index (χ4n) is 2.85. The Morgan fingerprint density at radius 1 is 1.50 bits per heavy atom. The van der Waals surface area contributed by atoms with E-state index in [0.29, 0.717) is 26.1 Å². The summed E-state index contributed by atoms with van der Waals surface area (Å²) in [6.07, 6.45) is 0.612. The van der Waals surface area contributed by atoms with Gasteiger partial charge in [0.25, 0.3) is 0 Å². The van der Waals surface area contributed by atoms with Crippen LogP contribution in [0.4, 0.5) is 4.39 Å². The van der Waals surface area contributed by atoms with E-state index in [0.717, 1.165) is 5.56 Å². The lowest BCUT2D eigenvalue weighted by Gasteiger charge is -2.28. The number of hydrogen-bond acceptors (Lipinski definition) is 3. The maximum atomic E-state index is 13.3. The molecule has 1 aromatic rings. The van der Waals surface area contributed by atoms with Gasteiger partial charge in [-0.15, -0.1) is 0 Å². The molecule has 1 heterocycles. The minimum Gasteiger partial charge on any atom is -0.505 e. The third-order valence-electron chi connectivity index (χ3n) is 4.33. The summed E-state index contributed by atoms with van der Waals surface area (Å²) in [6, 6.07) is 4.29. The highest BCUT2D eigenvalue weighted by Crippen LogP contribution is 2.38. The van der Waals surface area contributed by atoms with Crippen molar-refractivity contribution in [2.75, 3.05) is 13.1 Å². The van der Waals surface area contributed by atoms with Crippen LogP contribution in [0.25, 0.3) is 0 Å². The zero-order valence-corrected chi connectivity index (χ0v) is 11.8. The van der Waals surface area contributed by atoms with Gasteiger partial charge in [0.15, 0.2) is 11.6 Å². The van der Waals surface area contributed by atoms with Crippen LogP contribution in [-0.4, -0.2) is 34.2 Å². The summed E-state index contributed by atoms with van der Waals surface area (Å²) in [6.45, 7) is 5.52. The van der Waals surface area contributed by atoms with Crippen LogP contribution in [0.5, 0.6) is 5.75 Å². The van der Waals surface area contributed by atoms with Crippen molar-refractivity contribution in [2.45, 2.75) is 26.8 Å². The topological polar surface area (TPSA) is 60.8 Å². The molecule has 1 atom stereocenters. The predicted molar refractivity (Wildman–Crippen MR) is 72.9 cm³/mol. The Kier molecular flexibility index (Phi) is 3.99. The summed E-state index contributed by atoms with van der Waals surface area (Å²) in [7, 11) is 0. The third kappa shape index (κ3) is 2.63. The molecule has 5 heteroatoms. The largest absolute Gasteiger partial charge is 0.505 e. The van der Waals surface area contributed by atoms with Gasteiger partial charge in [0.2, 0.25) is 0 Å². The first-order valence-corrected chi connectivity index (χ1v) is 6.78.